The van der Waals surface area contributed by atoms with Gasteiger partial charge in [-0.05, 0) is 6.42 Å². The Morgan fingerprint density at radius 2 is 2.12 bits per heavy atom. The van der Waals surface area contributed by atoms with Crippen LogP contribution in [0.5, 0.6) is 0 Å². The number of nitrogens with zero attached hydrogens (tertiary/aromatic N) is 2. The molecule has 1 aromatic rings. The van der Waals surface area contributed by atoms with Crippen LogP contribution in [0, 0.1) is 0 Å². The number of rotatable bonds is 8. The van der Waals surface area contributed by atoms with Gasteiger partial charge in [-0.25, -0.2) is 9.97 Å². The highest BCUT2D eigenvalue weighted by Gasteiger charge is 2.04. The molecule has 0 saturated heterocycles. The summed E-state index contributed by atoms with van der Waals surface area (Å²) in [5.74, 6) is 0. The SMILES string of the molecule is CCC(C)Sc1ncc(CNCCOC)cn1. The van der Waals surface area contributed by atoms with E-state index in [1.54, 1.807) is 18.9 Å². The fourth-order valence-corrected chi connectivity index (χ4v) is 1.92. The molecule has 1 atom stereocenters. The van der Waals surface area contributed by atoms with E-state index < -0.39 is 0 Å². The second-order valence-electron chi connectivity index (χ2n) is 3.88. The Morgan fingerprint density at radius 3 is 2.71 bits per heavy atom. The maximum atomic E-state index is 4.96. The van der Waals surface area contributed by atoms with E-state index in [-0.39, 0.29) is 0 Å². The van der Waals surface area contributed by atoms with Gasteiger partial charge in [0.2, 0.25) is 0 Å². The maximum Gasteiger partial charge on any atom is 0.187 e. The van der Waals surface area contributed by atoms with Crippen molar-refractivity contribution < 1.29 is 4.74 Å². The molecule has 0 amide bonds. The monoisotopic (exact) mass is 255 g/mol. The van der Waals surface area contributed by atoms with Crippen molar-refractivity contribution in [3.05, 3.63) is 18.0 Å². The predicted octanol–water partition coefficient (Wildman–Crippen LogP) is 2.10. The number of ether oxygens (including phenoxy) is 1. The molecule has 0 aliphatic carbocycles. The molecule has 0 aliphatic rings. The summed E-state index contributed by atoms with van der Waals surface area (Å²) in [4.78, 5) is 8.69. The summed E-state index contributed by atoms with van der Waals surface area (Å²) >= 11 is 1.72. The summed E-state index contributed by atoms with van der Waals surface area (Å²) in [5.41, 5.74) is 1.11. The largest absolute Gasteiger partial charge is 0.383 e. The highest BCUT2D eigenvalue weighted by atomic mass is 32.2. The molecule has 1 heterocycles. The van der Waals surface area contributed by atoms with Crippen molar-refractivity contribution in [2.45, 2.75) is 37.2 Å². The Morgan fingerprint density at radius 1 is 1.41 bits per heavy atom. The molecule has 4 nitrogen and oxygen atoms in total. The van der Waals surface area contributed by atoms with E-state index in [4.69, 9.17) is 4.74 Å². The van der Waals surface area contributed by atoms with Crippen LogP contribution < -0.4 is 5.32 Å². The first kappa shape index (κ1) is 14.4. The molecule has 0 radical (unpaired) electrons. The molecule has 1 rings (SSSR count). The topological polar surface area (TPSA) is 47.0 Å². The molecule has 1 aromatic heterocycles. The minimum atomic E-state index is 0.570. The van der Waals surface area contributed by atoms with E-state index in [0.29, 0.717) is 5.25 Å². The van der Waals surface area contributed by atoms with Gasteiger partial charge in [-0.15, -0.1) is 0 Å². The second-order valence-corrected chi connectivity index (χ2v) is 5.29. The van der Waals surface area contributed by atoms with E-state index in [1.807, 2.05) is 12.4 Å². The Kier molecular flexibility index (Phi) is 7.16. The number of thioether (sulfide) groups is 1. The highest BCUT2D eigenvalue weighted by Crippen LogP contribution is 2.20. The third-order valence-electron chi connectivity index (χ3n) is 2.38. The maximum absolute atomic E-state index is 4.96. The van der Waals surface area contributed by atoms with Gasteiger partial charge < -0.3 is 10.1 Å². The van der Waals surface area contributed by atoms with Gasteiger partial charge in [0.15, 0.2) is 5.16 Å². The first-order chi connectivity index (χ1) is 8.26. The summed E-state index contributed by atoms with van der Waals surface area (Å²) in [6.07, 6.45) is 4.91. The van der Waals surface area contributed by atoms with Crippen molar-refractivity contribution in [3.8, 4) is 0 Å². The van der Waals surface area contributed by atoms with Crippen molar-refractivity contribution in [3.63, 3.8) is 0 Å². The van der Waals surface area contributed by atoms with Crippen molar-refractivity contribution in [2.24, 2.45) is 0 Å². The van der Waals surface area contributed by atoms with Crippen molar-refractivity contribution >= 4 is 11.8 Å². The van der Waals surface area contributed by atoms with Crippen LogP contribution in [-0.2, 0) is 11.3 Å². The van der Waals surface area contributed by atoms with Gasteiger partial charge in [0, 0.05) is 43.4 Å². The molecule has 0 bridgehead atoms. The first-order valence-corrected chi connectivity index (χ1v) is 6.81. The van der Waals surface area contributed by atoms with Gasteiger partial charge in [0.05, 0.1) is 6.61 Å². The zero-order chi connectivity index (χ0) is 12.5. The van der Waals surface area contributed by atoms with E-state index >= 15 is 0 Å². The first-order valence-electron chi connectivity index (χ1n) is 5.93. The highest BCUT2D eigenvalue weighted by molar-refractivity contribution is 7.99. The lowest BCUT2D eigenvalue weighted by atomic mass is 10.3. The smallest absolute Gasteiger partial charge is 0.187 e. The Hall–Kier alpha value is -0.650. The number of hydrogen-bond donors (Lipinski definition) is 1. The number of nitrogens with one attached hydrogen (secondary N) is 1. The summed E-state index contributed by atoms with van der Waals surface area (Å²) in [5, 5.41) is 4.69. The molecule has 1 N–H and O–H groups in total. The van der Waals surface area contributed by atoms with Crippen LogP contribution in [0.25, 0.3) is 0 Å². The van der Waals surface area contributed by atoms with E-state index in [2.05, 4.69) is 29.1 Å². The van der Waals surface area contributed by atoms with E-state index in [9.17, 15) is 0 Å². The average Bonchev–Trinajstić information content (AvgIpc) is 2.36. The normalized spacial score (nSPS) is 12.6. The molecule has 0 saturated carbocycles. The standard InChI is InChI=1S/C12H21N3OS/c1-4-10(2)17-12-14-8-11(9-15-12)7-13-5-6-16-3/h8-10,13H,4-7H2,1-3H3. The lowest BCUT2D eigenvalue weighted by molar-refractivity contribution is 0.199. The Balaban J connectivity index is 2.34. The molecular weight excluding hydrogens is 234 g/mol. The molecule has 0 aliphatic heterocycles. The lowest BCUT2D eigenvalue weighted by Crippen LogP contribution is -2.18. The molecule has 0 aromatic carbocycles. The summed E-state index contributed by atoms with van der Waals surface area (Å²) < 4.78 is 4.96. The van der Waals surface area contributed by atoms with E-state index in [1.165, 1.54) is 0 Å². The molecule has 5 heteroatoms. The number of methoxy groups -OCH3 is 1. The van der Waals surface area contributed by atoms with Crippen LogP contribution in [-0.4, -0.2) is 35.5 Å². The van der Waals surface area contributed by atoms with Gasteiger partial charge in [-0.1, -0.05) is 25.6 Å². The summed E-state index contributed by atoms with van der Waals surface area (Å²) in [7, 11) is 1.70. The average molecular weight is 255 g/mol. The van der Waals surface area contributed by atoms with Gasteiger partial charge >= 0.3 is 0 Å². The molecule has 0 fully saturated rings. The van der Waals surface area contributed by atoms with Gasteiger partial charge in [0.25, 0.3) is 0 Å². The second kappa shape index (κ2) is 8.44. The van der Waals surface area contributed by atoms with Crippen molar-refractivity contribution in [1.29, 1.82) is 0 Å². The third kappa shape index (κ3) is 6.00. The molecule has 1 unspecified atom stereocenters. The summed E-state index contributed by atoms with van der Waals surface area (Å²) in [6, 6.07) is 0. The minimum absolute atomic E-state index is 0.570. The van der Waals surface area contributed by atoms with Gasteiger partial charge in [-0.2, -0.15) is 0 Å². The van der Waals surface area contributed by atoms with Crippen molar-refractivity contribution in [2.75, 3.05) is 20.3 Å². The molecular formula is C12H21N3OS. The fourth-order valence-electron chi connectivity index (χ4n) is 1.17. The van der Waals surface area contributed by atoms with Gasteiger partial charge in [-0.3, -0.25) is 0 Å². The lowest BCUT2D eigenvalue weighted by Gasteiger charge is -2.07. The van der Waals surface area contributed by atoms with Crippen LogP contribution in [0.1, 0.15) is 25.8 Å². The number of aromatic nitrogens is 2. The minimum Gasteiger partial charge on any atom is -0.383 e. The predicted molar refractivity (Wildman–Crippen MR) is 71.2 cm³/mol. The van der Waals surface area contributed by atoms with Crippen molar-refractivity contribution in [1.82, 2.24) is 15.3 Å². The molecule has 0 spiro atoms. The van der Waals surface area contributed by atoms with E-state index in [0.717, 1.165) is 36.8 Å². The van der Waals surface area contributed by atoms with Crippen LogP contribution in [0.2, 0.25) is 0 Å². The fraction of sp³-hybridized carbons (Fsp3) is 0.667. The zero-order valence-corrected chi connectivity index (χ0v) is 11.6. The quantitative estimate of drug-likeness (QED) is 0.438. The molecule has 96 valence electrons. The van der Waals surface area contributed by atoms with Crippen LogP contribution in [0.15, 0.2) is 17.6 Å². The number of hydrogen-bond acceptors (Lipinski definition) is 5. The Labute approximate surface area is 108 Å². The van der Waals surface area contributed by atoms with Crippen LogP contribution in [0.3, 0.4) is 0 Å². The Bertz CT molecular complexity index is 305. The van der Waals surface area contributed by atoms with Gasteiger partial charge in [0.1, 0.15) is 0 Å². The third-order valence-corrected chi connectivity index (χ3v) is 3.53. The van der Waals surface area contributed by atoms with Crippen LogP contribution >= 0.6 is 11.8 Å². The zero-order valence-electron chi connectivity index (χ0n) is 10.8. The summed E-state index contributed by atoms with van der Waals surface area (Å²) in [6.45, 7) is 6.72. The van der Waals surface area contributed by atoms with Crippen LogP contribution in [0.4, 0.5) is 0 Å². The molecule has 17 heavy (non-hydrogen) atoms.